The molecule has 2 aliphatic rings. The Labute approximate surface area is 128 Å². The molecule has 2 aliphatic heterocycles. The molecule has 0 spiro atoms. The Balaban J connectivity index is 1.60. The van der Waals surface area contributed by atoms with Gasteiger partial charge in [-0.15, -0.1) is 0 Å². The smallest absolute Gasteiger partial charge is 0.231 e. The first-order valence-electron chi connectivity index (χ1n) is 6.92. The quantitative estimate of drug-likeness (QED) is 0.773. The number of rotatable bonds is 4. The van der Waals surface area contributed by atoms with Crippen LogP contribution in [0.3, 0.4) is 0 Å². The van der Waals surface area contributed by atoms with Crippen LogP contribution in [0.1, 0.15) is 12.8 Å². The number of benzene rings is 1. The molecule has 8 nitrogen and oxygen atoms in total. The van der Waals surface area contributed by atoms with Crippen LogP contribution in [0.25, 0.3) is 0 Å². The largest absolute Gasteiger partial charge is 0.454 e. The average Bonchev–Trinajstić information content (AvgIpc) is 3.02. The van der Waals surface area contributed by atoms with Gasteiger partial charge in [-0.1, -0.05) is 0 Å². The zero-order chi connectivity index (χ0) is 15.7. The summed E-state index contributed by atoms with van der Waals surface area (Å²) in [5.74, 6) is 0.918. The standard InChI is InChI=1S/C13H17N3O5S/c14-9-6-11-12(21-8-20-11)7-10(9)15-13(17)2-4-16-3-1-5-22(16,18)19/h6-7H,1-5,8,14H2,(H,15,17). The number of carbonyl (C=O) groups excluding carboxylic acids is 1. The molecule has 0 saturated carbocycles. The molecule has 3 N–H and O–H groups in total. The monoisotopic (exact) mass is 327 g/mol. The number of sulfonamides is 1. The van der Waals surface area contributed by atoms with Gasteiger partial charge in [0.1, 0.15) is 0 Å². The topological polar surface area (TPSA) is 111 Å². The van der Waals surface area contributed by atoms with E-state index in [1.54, 1.807) is 12.1 Å². The van der Waals surface area contributed by atoms with Gasteiger partial charge in [0, 0.05) is 31.6 Å². The van der Waals surface area contributed by atoms with Gasteiger partial charge in [0.2, 0.25) is 22.7 Å². The second-order valence-electron chi connectivity index (χ2n) is 5.16. The summed E-state index contributed by atoms with van der Waals surface area (Å²) >= 11 is 0. The highest BCUT2D eigenvalue weighted by Gasteiger charge is 2.28. The fourth-order valence-corrected chi connectivity index (χ4v) is 3.98. The van der Waals surface area contributed by atoms with Gasteiger partial charge in [-0.05, 0) is 6.42 Å². The van der Waals surface area contributed by atoms with Gasteiger partial charge in [0.15, 0.2) is 11.5 Å². The Kier molecular flexibility index (Phi) is 3.83. The Bertz CT molecular complexity index is 704. The Morgan fingerprint density at radius 3 is 2.73 bits per heavy atom. The minimum absolute atomic E-state index is 0.0765. The summed E-state index contributed by atoms with van der Waals surface area (Å²) in [6.07, 6.45) is 0.687. The average molecular weight is 327 g/mol. The third-order valence-electron chi connectivity index (χ3n) is 3.61. The van der Waals surface area contributed by atoms with Gasteiger partial charge in [-0.3, -0.25) is 4.79 Å². The Hall–Kier alpha value is -2.00. The van der Waals surface area contributed by atoms with Crippen LogP contribution >= 0.6 is 0 Å². The van der Waals surface area contributed by atoms with Crippen LogP contribution in [0.2, 0.25) is 0 Å². The van der Waals surface area contributed by atoms with Gasteiger partial charge in [0.05, 0.1) is 17.1 Å². The molecule has 2 heterocycles. The summed E-state index contributed by atoms with van der Waals surface area (Å²) in [6.45, 7) is 0.777. The predicted octanol–water partition coefficient (Wildman–Crippen LogP) is 0.362. The highest BCUT2D eigenvalue weighted by atomic mass is 32.2. The fraction of sp³-hybridized carbons (Fsp3) is 0.462. The zero-order valence-electron chi connectivity index (χ0n) is 11.9. The molecule has 0 aliphatic carbocycles. The van der Waals surface area contributed by atoms with Crippen molar-refractivity contribution in [2.75, 3.05) is 36.7 Å². The number of nitrogens with zero attached hydrogens (tertiary/aromatic N) is 1. The summed E-state index contributed by atoms with van der Waals surface area (Å²) in [6, 6.07) is 3.19. The molecule has 22 heavy (non-hydrogen) atoms. The number of hydrogen-bond acceptors (Lipinski definition) is 6. The molecule has 0 unspecified atom stereocenters. The molecule has 0 atom stereocenters. The number of nitrogens with two attached hydrogens (primary N) is 1. The van der Waals surface area contributed by atoms with Gasteiger partial charge in [-0.2, -0.15) is 0 Å². The first kappa shape index (κ1) is 14.9. The number of carbonyl (C=O) groups is 1. The lowest BCUT2D eigenvalue weighted by Gasteiger charge is -2.14. The number of fused-ring (bicyclic) bond motifs is 1. The Morgan fingerprint density at radius 1 is 1.32 bits per heavy atom. The lowest BCUT2D eigenvalue weighted by atomic mass is 10.2. The molecule has 1 aromatic carbocycles. The number of ether oxygens (including phenoxy) is 2. The third-order valence-corrected chi connectivity index (χ3v) is 5.57. The van der Waals surface area contributed by atoms with Crippen molar-refractivity contribution in [3.63, 3.8) is 0 Å². The van der Waals surface area contributed by atoms with Crippen molar-refractivity contribution in [2.45, 2.75) is 12.8 Å². The SMILES string of the molecule is Nc1cc2c(cc1NC(=O)CCN1CCCS1(=O)=O)OCO2. The van der Waals surface area contributed by atoms with E-state index >= 15 is 0 Å². The molecule has 0 aromatic heterocycles. The third kappa shape index (κ3) is 2.95. The minimum atomic E-state index is -3.18. The van der Waals surface area contributed by atoms with Crippen LogP contribution in [0, 0.1) is 0 Å². The van der Waals surface area contributed by atoms with Crippen molar-refractivity contribution in [1.82, 2.24) is 4.31 Å². The number of nitrogens with one attached hydrogen (secondary N) is 1. The summed E-state index contributed by atoms with van der Waals surface area (Å²) in [7, 11) is -3.18. The van der Waals surface area contributed by atoms with E-state index in [0.29, 0.717) is 35.8 Å². The molecule has 1 saturated heterocycles. The number of amides is 1. The van der Waals surface area contributed by atoms with Crippen LogP contribution in [0.4, 0.5) is 11.4 Å². The van der Waals surface area contributed by atoms with E-state index in [1.165, 1.54) is 4.31 Å². The van der Waals surface area contributed by atoms with E-state index in [9.17, 15) is 13.2 Å². The van der Waals surface area contributed by atoms with Crippen molar-refractivity contribution < 1.29 is 22.7 Å². The number of nitrogen functional groups attached to an aromatic ring is 1. The molecule has 9 heteroatoms. The zero-order valence-corrected chi connectivity index (χ0v) is 12.7. The second kappa shape index (κ2) is 5.65. The molecular weight excluding hydrogens is 310 g/mol. The van der Waals surface area contributed by atoms with E-state index < -0.39 is 10.0 Å². The minimum Gasteiger partial charge on any atom is -0.454 e. The maximum atomic E-state index is 12.0. The highest BCUT2D eigenvalue weighted by Crippen LogP contribution is 2.38. The van der Waals surface area contributed by atoms with Crippen molar-refractivity contribution in [3.8, 4) is 11.5 Å². The molecule has 1 fully saturated rings. The van der Waals surface area contributed by atoms with E-state index in [0.717, 1.165) is 0 Å². The fourth-order valence-electron chi connectivity index (χ4n) is 2.45. The maximum Gasteiger partial charge on any atom is 0.231 e. The van der Waals surface area contributed by atoms with Crippen molar-refractivity contribution in [2.24, 2.45) is 0 Å². The van der Waals surface area contributed by atoms with Crippen LogP contribution in [-0.4, -0.2) is 44.3 Å². The lowest BCUT2D eigenvalue weighted by Crippen LogP contribution is -2.29. The van der Waals surface area contributed by atoms with Crippen molar-refractivity contribution in [1.29, 1.82) is 0 Å². The van der Waals surface area contributed by atoms with Gasteiger partial charge in [0.25, 0.3) is 0 Å². The van der Waals surface area contributed by atoms with E-state index in [-0.39, 0.29) is 31.4 Å². The number of anilines is 2. The predicted molar refractivity (Wildman–Crippen MR) is 80.2 cm³/mol. The summed E-state index contributed by atoms with van der Waals surface area (Å²) in [4.78, 5) is 12.0. The van der Waals surface area contributed by atoms with Crippen LogP contribution < -0.4 is 20.5 Å². The molecule has 0 bridgehead atoms. The first-order valence-corrected chi connectivity index (χ1v) is 8.53. The van der Waals surface area contributed by atoms with Crippen molar-refractivity contribution in [3.05, 3.63) is 12.1 Å². The van der Waals surface area contributed by atoms with Crippen LogP contribution in [0.5, 0.6) is 11.5 Å². The summed E-state index contributed by atoms with van der Waals surface area (Å²) in [5.41, 5.74) is 6.64. The van der Waals surface area contributed by atoms with E-state index in [2.05, 4.69) is 5.32 Å². The van der Waals surface area contributed by atoms with Crippen LogP contribution in [-0.2, 0) is 14.8 Å². The normalized spacial score (nSPS) is 19.3. The molecular formula is C13H17N3O5S. The molecule has 1 amide bonds. The second-order valence-corrected chi connectivity index (χ2v) is 7.25. The highest BCUT2D eigenvalue weighted by molar-refractivity contribution is 7.89. The molecule has 1 aromatic rings. The Morgan fingerprint density at radius 2 is 2.05 bits per heavy atom. The molecule has 0 radical (unpaired) electrons. The lowest BCUT2D eigenvalue weighted by molar-refractivity contribution is -0.116. The molecule has 3 rings (SSSR count). The summed E-state index contributed by atoms with van der Waals surface area (Å²) in [5, 5.41) is 2.67. The van der Waals surface area contributed by atoms with Gasteiger partial charge >= 0.3 is 0 Å². The van der Waals surface area contributed by atoms with Crippen molar-refractivity contribution >= 4 is 27.3 Å². The maximum absolute atomic E-state index is 12.0. The molecule has 120 valence electrons. The number of hydrogen-bond donors (Lipinski definition) is 2. The van der Waals surface area contributed by atoms with Gasteiger partial charge < -0.3 is 20.5 Å². The first-order chi connectivity index (χ1) is 10.5. The van der Waals surface area contributed by atoms with E-state index in [1.807, 2.05) is 0 Å². The van der Waals surface area contributed by atoms with Crippen LogP contribution in [0.15, 0.2) is 12.1 Å². The van der Waals surface area contributed by atoms with E-state index in [4.69, 9.17) is 15.2 Å². The summed E-state index contributed by atoms with van der Waals surface area (Å²) < 4.78 is 35.1. The van der Waals surface area contributed by atoms with Gasteiger partial charge in [-0.25, -0.2) is 12.7 Å².